The zero-order valence-electron chi connectivity index (χ0n) is 17.6. The molecule has 0 saturated heterocycles. The van der Waals surface area contributed by atoms with Crippen LogP contribution in [0.2, 0.25) is 0 Å². The van der Waals surface area contributed by atoms with Gasteiger partial charge in [-0.2, -0.15) is 0 Å². The molecule has 6 heteroatoms. The van der Waals surface area contributed by atoms with Gasteiger partial charge in [0.15, 0.2) is 0 Å². The molecule has 1 amide bonds. The van der Waals surface area contributed by atoms with Crippen LogP contribution in [0.25, 0.3) is 0 Å². The lowest BCUT2D eigenvalue weighted by Gasteiger charge is -2.08. The van der Waals surface area contributed by atoms with Crippen molar-refractivity contribution >= 4 is 17.7 Å². The van der Waals surface area contributed by atoms with Crippen molar-refractivity contribution in [2.75, 3.05) is 13.2 Å². The molecule has 0 spiro atoms. The van der Waals surface area contributed by atoms with Gasteiger partial charge in [-0.05, 0) is 43.4 Å². The molecule has 0 unspecified atom stereocenters. The van der Waals surface area contributed by atoms with Crippen LogP contribution in [0.1, 0.15) is 76.7 Å². The molecule has 0 heterocycles. The van der Waals surface area contributed by atoms with Crippen molar-refractivity contribution in [3.05, 3.63) is 29.8 Å². The number of Topliss-reactive ketones (excluding diaryl/α,β-unsaturated/α-hetero) is 1. The Balaban J connectivity index is 2.12. The van der Waals surface area contributed by atoms with Gasteiger partial charge in [-0.25, -0.2) is 0 Å². The Kier molecular flexibility index (Phi) is 13.2. The molecule has 162 valence electrons. The molecule has 0 saturated carbocycles. The standard InChI is InChI=1S/C23H35NO5/c1-2-3-4-5-6-7-10-19-13-15-20(16-14-19)29-18-9-11-21(25)23(28)24-17-8-12-22(26)27/h13-16H,2-12,17-18H2,1H3,(H,24,28)(H,26,27). The summed E-state index contributed by atoms with van der Waals surface area (Å²) >= 11 is 0. The number of benzene rings is 1. The molecular formula is C23H35NO5. The minimum absolute atomic E-state index is 0.0277. The molecule has 1 rings (SSSR count). The number of nitrogens with one attached hydrogen (secondary N) is 1. The summed E-state index contributed by atoms with van der Waals surface area (Å²) in [5.74, 6) is -1.31. The van der Waals surface area contributed by atoms with Crippen LogP contribution in [0.15, 0.2) is 24.3 Å². The van der Waals surface area contributed by atoms with Gasteiger partial charge >= 0.3 is 5.97 Å². The Hall–Kier alpha value is -2.37. The maximum absolute atomic E-state index is 11.7. The summed E-state index contributed by atoms with van der Waals surface area (Å²) < 4.78 is 5.64. The summed E-state index contributed by atoms with van der Waals surface area (Å²) in [5.41, 5.74) is 1.31. The van der Waals surface area contributed by atoms with E-state index in [-0.39, 0.29) is 19.4 Å². The Morgan fingerprint density at radius 1 is 0.897 bits per heavy atom. The number of ketones is 1. The Labute approximate surface area is 174 Å². The Bertz CT molecular complexity index is 612. The van der Waals surface area contributed by atoms with E-state index in [1.54, 1.807) is 0 Å². The number of hydrogen-bond acceptors (Lipinski definition) is 4. The van der Waals surface area contributed by atoms with Crippen LogP contribution in [-0.2, 0) is 20.8 Å². The van der Waals surface area contributed by atoms with Crippen LogP contribution < -0.4 is 10.1 Å². The highest BCUT2D eigenvalue weighted by Gasteiger charge is 2.12. The van der Waals surface area contributed by atoms with Gasteiger partial charge in [0.2, 0.25) is 5.78 Å². The normalized spacial score (nSPS) is 10.5. The summed E-state index contributed by atoms with van der Waals surface area (Å²) in [6.45, 7) is 2.79. The first kappa shape index (κ1) is 24.7. The molecule has 0 aliphatic carbocycles. The summed E-state index contributed by atoms with van der Waals surface area (Å²) in [5, 5.41) is 11.0. The number of carboxylic acids is 1. The monoisotopic (exact) mass is 405 g/mol. The lowest BCUT2D eigenvalue weighted by molar-refractivity contribution is -0.138. The molecule has 0 aliphatic rings. The van der Waals surface area contributed by atoms with E-state index in [9.17, 15) is 14.4 Å². The lowest BCUT2D eigenvalue weighted by Crippen LogP contribution is -2.32. The maximum Gasteiger partial charge on any atom is 0.303 e. The zero-order chi connectivity index (χ0) is 21.3. The first-order valence-corrected chi connectivity index (χ1v) is 10.8. The van der Waals surface area contributed by atoms with Crippen LogP contribution in [0.5, 0.6) is 5.75 Å². The smallest absolute Gasteiger partial charge is 0.303 e. The lowest BCUT2D eigenvalue weighted by atomic mass is 10.0. The molecule has 2 N–H and O–H groups in total. The predicted octanol–water partition coefficient (Wildman–Crippen LogP) is 4.30. The molecule has 6 nitrogen and oxygen atoms in total. The van der Waals surface area contributed by atoms with Gasteiger partial charge in [0.1, 0.15) is 5.75 Å². The highest BCUT2D eigenvalue weighted by molar-refractivity contribution is 6.36. The van der Waals surface area contributed by atoms with Crippen molar-refractivity contribution < 1.29 is 24.2 Å². The molecule has 1 aromatic rings. The molecule has 0 bridgehead atoms. The SMILES string of the molecule is CCCCCCCCc1ccc(OCCCC(=O)C(=O)NCCCC(=O)O)cc1. The van der Waals surface area contributed by atoms with Crippen molar-refractivity contribution in [1.82, 2.24) is 5.32 Å². The van der Waals surface area contributed by atoms with Gasteiger partial charge in [-0.15, -0.1) is 0 Å². The first-order chi connectivity index (χ1) is 14.0. The average molecular weight is 406 g/mol. The largest absolute Gasteiger partial charge is 0.494 e. The topological polar surface area (TPSA) is 92.7 Å². The Morgan fingerprint density at radius 2 is 1.59 bits per heavy atom. The molecule has 29 heavy (non-hydrogen) atoms. The van der Waals surface area contributed by atoms with Crippen LogP contribution in [-0.4, -0.2) is 35.9 Å². The molecule has 0 aliphatic heterocycles. The van der Waals surface area contributed by atoms with Crippen LogP contribution in [0.4, 0.5) is 0 Å². The number of amides is 1. The minimum atomic E-state index is -0.918. The summed E-state index contributed by atoms with van der Waals surface area (Å²) in [7, 11) is 0. The van der Waals surface area contributed by atoms with E-state index in [4.69, 9.17) is 9.84 Å². The van der Waals surface area contributed by atoms with Gasteiger partial charge in [0.05, 0.1) is 6.61 Å². The number of carbonyl (C=O) groups excluding carboxylic acids is 2. The van der Waals surface area contributed by atoms with E-state index in [1.807, 2.05) is 12.1 Å². The number of hydrogen-bond donors (Lipinski definition) is 2. The van der Waals surface area contributed by atoms with Gasteiger partial charge in [-0.1, -0.05) is 51.2 Å². The molecule has 0 aromatic heterocycles. The third kappa shape index (κ3) is 12.7. The number of carboxylic acid groups (broad SMARTS) is 1. The number of ether oxygens (including phenoxy) is 1. The zero-order valence-corrected chi connectivity index (χ0v) is 17.6. The fourth-order valence-corrected chi connectivity index (χ4v) is 2.94. The van der Waals surface area contributed by atoms with Crippen LogP contribution in [0, 0.1) is 0 Å². The predicted molar refractivity (Wildman–Crippen MR) is 113 cm³/mol. The highest BCUT2D eigenvalue weighted by atomic mass is 16.5. The van der Waals surface area contributed by atoms with Crippen molar-refractivity contribution in [3.8, 4) is 5.75 Å². The first-order valence-electron chi connectivity index (χ1n) is 10.8. The second-order valence-electron chi connectivity index (χ2n) is 7.29. The van der Waals surface area contributed by atoms with Crippen molar-refractivity contribution in [1.29, 1.82) is 0 Å². The molecule has 0 fully saturated rings. The number of rotatable bonds is 17. The number of unbranched alkanes of at least 4 members (excludes halogenated alkanes) is 5. The van der Waals surface area contributed by atoms with E-state index in [0.29, 0.717) is 19.4 Å². The van der Waals surface area contributed by atoms with E-state index >= 15 is 0 Å². The molecule has 0 atom stereocenters. The fraction of sp³-hybridized carbons (Fsp3) is 0.609. The average Bonchev–Trinajstić information content (AvgIpc) is 2.71. The van der Waals surface area contributed by atoms with Crippen molar-refractivity contribution in [2.24, 2.45) is 0 Å². The molecular weight excluding hydrogens is 370 g/mol. The quantitative estimate of drug-likeness (QED) is 0.298. The second kappa shape index (κ2) is 15.5. The van der Waals surface area contributed by atoms with E-state index in [1.165, 1.54) is 44.1 Å². The van der Waals surface area contributed by atoms with E-state index in [0.717, 1.165) is 12.2 Å². The Morgan fingerprint density at radius 3 is 2.28 bits per heavy atom. The number of aliphatic carboxylic acids is 1. The second-order valence-corrected chi connectivity index (χ2v) is 7.29. The molecule has 0 radical (unpaired) electrons. The van der Waals surface area contributed by atoms with E-state index in [2.05, 4.69) is 24.4 Å². The summed E-state index contributed by atoms with van der Waals surface area (Å²) in [6.07, 6.45) is 9.68. The van der Waals surface area contributed by atoms with Gasteiger partial charge in [0.25, 0.3) is 5.91 Å². The number of carbonyl (C=O) groups is 3. The summed E-state index contributed by atoms with van der Waals surface area (Å²) in [4.78, 5) is 33.7. The van der Waals surface area contributed by atoms with Gasteiger partial charge in [0, 0.05) is 19.4 Å². The van der Waals surface area contributed by atoms with Crippen LogP contribution >= 0.6 is 0 Å². The third-order valence-corrected chi connectivity index (χ3v) is 4.67. The van der Waals surface area contributed by atoms with Crippen molar-refractivity contribution in [3.63, 3.8) is 0 Å². The minimum Gasteiger partial charge on any atom is -0.494 e. The summed E-state index contributed by atoms with van der Waals surface area (Å²) in [6, 6.07) is 8.06. The van der Waals surface area contributed by atoms with Gasteiger partial charge < -0.3 is 15.2 Å². The number of aryl methyl sites for hydroxylation is 1. The fourth-order valence-electron chi connectivity index (χ4n) is 2.94. The van der Waals surface area contributed by atoms with Gasteiger partial charge in [-0.3, -0.25) is 14.4 Å². The highest BCUT2D eigenvalue weighted by Crippen LogP contribution is 2.15. The van der Waals surface area contributed by atoms with E-state index < -0.39 is 17.7 Å². The van der Waals surface area contributed by atoms with Crippen molar-refractivity contribution in [2.45, 2.75) is 77.6 Å². The third-order valence-electron chi connectivity index (χ3n) is 4.67. The molecule has 1 aromatic carbocycles. The van der Waals surface area contributed by atoms with Crippen LogP contribution in [0.3, 0.4) is 0 Å². The maximum atomic E-state index is 11.7.